The van der Waals surface area contributed by atoms with Crippen LogP contribution in [0.25, 0.3) is 0 Å². The molecule has 3 nitrogen and oxygen atoms in total. The second-order valence-electron chi connectivity index (χ2n) is 5.52. The molecule has 0 fully saturated rings. The molecule has 0 atom stereocenters. The molecule has 21 heavy (non-hydrogen) atoms. The first-order valence-corrected chi connectivity index (χ1v) is 8.78. The zero-order valence-corrected chi connectivity index (χ0v) is 14.0. The minimum absolute atomic E-state index is 0.488. The summed E-state index contributed by atoms with van der Waals surface area (Å²) in [6.07, 6.45) is 7.22. The first kappa shape index (κ1) is 16.1. The van der Waals surface area contributed by atoms with Gasteiger partial charge < -0.3 is 9.88 Å². The standard InChI is InChI=1S/C17H25N3S/c1-14(2)17-19-9-11-20(17)10-5-8-18-13-15-6-4-7-16(12-15)21-3/h4,6-7,9,11-12,14,18H,5,8,10,13H2,1-3H3. The maximum absolute atomic E-state index is 4.42. The van der Waals surface area contributed by atoms with Crippen molar-refractivity contribution in [2.75, 3.05) is 12.8 Å². The summed E-state index contributed by atoms with van der Waals surface area (Å²) in [4.78, 5) is 5.75. The number of hydrogen-bond donors (Lipinski definition) is 1. The minimum Gasteiger partial charge on any atom is -0.335 e. The van der Waals surface area contributed by atoms with Crippen LogP contribution < -0.4 is 5.32 Å². The summed E-state index contributed by atoms with van der Waals surface area (Å²) < 4.78 is 2.26. The smallest absolute Gasteiger partial charge is 0.111 e. The molecule has 0 amide bonds. The Morgan fingerprint density at radius 3 is 2.95 bits per heavy atom. The van der Waals surface area contributed by atoms with Crippen LogP contribution in [-0.2, 0) is 13.1 Å². The molecule has 1 aromatic heterocycles. The normalized spacial score (nSPS) is 11.2. The zero-order chi connectivity index (χ0) is 15.1. The summed E-state index contributed by atoms with van der Waals surface area (Å²) in [5, 5.41) is 3.52. The lowest BCUT2D eigenvalue weighted by molar-refractivity contribution is 0.554. The van der Waals surface area contributed by atoms with Crippen LogP contribution in [0.1, 0.15) is 37.6 Å². The lowest BCUT2D eigenvalue weighted by atomic mass is 10.2. The van der Waals surface area contributed by atoms with Crippen molar-refractivity contribution in [3.63, 3.8) is 0 Å². The summed E-state index contributed by atoms with van der Waals surface area (Å²) in [6.45, 7) is 7.38. The van der Waals surface area contributed by atoms with Crippen molar-refractivity contribution in [2.24, 2.45) is 0 Å². The second kappa shape index (κ2) is 8.25. The number of imidazole rings is 1. The molecule has 114 valence electrons. The number of benzene rings is 1. The van der Waals surface area contributed by atoms with Crippen LogP contribution in [0.4, 0.5) is 0 Å². The van der Waals surface area contributed by atoms with Crippen molar-refractivity contribution < 1.29 is 0 Å². The number of nitrogens with one attached hydrogen (secondary N) is 1. The molecule has 0 radical (unpaired) electrons. The molecular weight excluding hydrogens is 278 g/mol. The van der Waals surface area contributed by atoms with E-state index in [2.05, 4.69) is 65.4 Å². The Morgan fingerprint density at radius 1 is 1.33 bits per heavy atom. The summed E-state index contributed by atoms with van der Waals surface area (Å²) in [7, 11) is 0. The molecule has 0 aliphatic heterocycles. The topological polar surface area (TPSA) is 29.9 Å². The molecule has 1 aromatic carbocycles. The van der Waals surface area contributed by atoms with Gasteiger partial charge in [0, 0.05) is 36.3 Å². The van der Waals surface area contributed by atoms with Crippen LogP contribution in [-0.4, -0.2) is 22.4 Å². The van der Waals surface area contributed by atoms with Gasteiger partial charge in [-0.15, -0.1) is 11.8 Å². The number of rotatable bonds is 8. The van der Waals surface area contributed by atoms with Crippen molar-refractivity contribution in [3.05, 3.63) is 48.0 Å². The average Bonchev–Trinajstić information content (AvgIpc) is 2.96. The fourth-order valence-corrected chi connectivity index (χ4v) is 2.88. The quantitative estimate of drug-likeness (QED) is 0.592. The molecule has 0 aliphatic carbocycles. The van der Waals surface area contributed by atoms with Crippen molar-refractivity contribution in [1.29, 1.82) is 0 Å². The Kier molecular flexibility index (Phi) is 6.33. The van der Waals surface area contributed by atoms with Gasteiger partial charge in [-0.25, -0.2) is 4.98 Å². The molecule has 0 bridgehead atoms. The van der Waals surface area contributed by atoms with Crippen molar-refractivity contribution in [1.82, 2.24) is 14.9 Å². The zero-order valence-electron chi connectivity index (χ0n) is 13.2. The van der Waals surface area contributed by atoms with Crippen LogP contribution in [0.2, 0.25) is 0 Å². The van der Waals surface area contributed by atoms with Gasteiger partial charge in [-0.05, 0) is 36.9 Å². The first-order chi connectivity index (χ1) is 10.2. The summed E-state index contributed by atoms with van der Waals surface area (Å²) >= 11 is 1.79. The highest BCUT2D eigenvalue weighted by molar-refractivity contribution is 7.98. The van der Waals surface area contributed by atoms with Crippen molar-refractivity contribution in [3.8, 4) is 0 Å². The maximum Gasteiger partial charge on any atom is 0.111 e. The SMILES string of the molecule is CSc1cccc(CNCCCn2ccnc2C(C)C)c1. The highest BCUT2D eigenvalue weighted by atomic mass is 32.2. The van der Waals surface area contributed by atoms with E-state index in [9.17, 15) is 0 Å². The third kappa shape index (κ3) is 4.90. The van der Waals surface area contributed by atoms with Gasteiger partial charge in [0.05, 0.1) is 0 Å². The van der Waals surface area contributed by atoms with Crippen LogP contribution in [0.15, 0.2) is 41.6 Å². The van der Waals surface area contributed by atoms with Crippen molar-refractivity contribution >= 4 is 11.8 Å². The highest BCUT2D eigenvalue weighted by Crippen LogP contribution is 2.15. The van der Waals surface area contributed by atoms with Gasteiger partial charge in [-0.3, -0.25) is 0 Å². The highest BCUT2D eigenvalue weighted by Gasteiger charge is 2.06. The molecule has 2 rings (SSSR count). The number of thioether (sulfide) groups is 1. The summed E-state index contributed by atoms with van der Waals surface area (Å²) in [5.41, 5.74) is 1.35. The van der Waals surface area contributed by atoms with Gasteiger partial charge >= 0.3 is 0 Å². The maximum atomic E-state index is 4.42. The molecule has 2 aromatic rings. The Balaban J connectivity index is 1.71. The van der Waals surface area contributed by atoms with Gasteiger partial charge in [-0.1, -0.05) is 26.0 Å². The van der Waals surface area contributed by atoms with Crippen LogP contribution in [0, 0.1) is 0 Å². The molecule has 0 aliphatic rings. The van der Waals surface area contributed by atoms with Crippen LogP contribution in [0.3, 0.4) is 0 Å². The second-order valence-corrected chi connectivity index (χ2v) is 6.40. The van der Waals surface area contributed by atoms with E-state index in [-0.39, 0.29) is 0 Å². The summed E-state index contributed by atoms with van der Waals surface area (Å²) in [5.74, 6) is 1.67. The van der Waals surface area contributed by atoms with Crippen LogP contribution >= 0.6 is 11.8 Å². The first-order valence-electron chi connectivity index (χ1n) is 7.55. The van der Waals surface area contributed by atoms with E-state index in [1.165, 1.54) is 16.3 Å². The Morgan fingerprint density at radius 2 is 2.19 bits per heavy atom. The number of hydrogen-bond acceptors (Lipinski definition) is 3. The number of aromatic nitrogens is 2. The van der Waals surface area contributed by atoms with E-state index in [1.807, 2.05) is 6.20 Å². The Hall–Kier alpha value is -1.26. The van der Waals surface area contributed by atoms with Gasteiger partial charge in [0.15, 0.2) is 0 Å². The summed E-state index contributed by atoms with van der Waals surface area (Å²) in [6, 6.07) is 8.72. The molecule has 0 unspecified atom stereocenters. The van der Waals surface area contributed by atoms with Gasteiger partial charge in [0.1, 0.15) is 5.82 Å². The monoisotopic (exact) mass is 303 g/mol. The van der Waals surface area contributed by atoms with E-state index in [0.29, 0.717) is 5.92 Å². The Bertz CT molecular complexity index is 548. The lowest BCUT2D eigenvalue weighted by Gasteiger charge is -2.11. The molecule has 0 saturated carbocycles. The fraction of sp³-hybridized carbons (Fsp3) is 0.471. The Labute approximate surface area is 132 Å². The molecule has 1 N–H and O–H groups in total. The molecule has 0 saturated heterocycles. The van der Waals surface area contributed by atoms with Crippen LogP contribution in [0.5, 0.6) is 0 Å². The molecule has 0 spiro atoms. The number of nitrogens with zero attached hydrogens (tertiary/aromatic N) is 2. The van der Waals surface area contributed by atoms with E-state index >= 15 is 0 Å². The predicted molar refractivity (Wildman–Crippen MR) is 90.9 cm³/mol. The molecular formula is C17H25N3S. The lowest BCUT2D eigenvalue weighted by Crippen LogP contribution is -2.17. The van der Waals surface area contributed by atoms with Gasteiger partial charge in [-0.2, -0.15) is 0 Å². The fourth-order valence-electron chi connectivity index (χ4n) is 2.40. The predicted octanol–water partition coefficient (Wildman–Crippen LogP) is 3.91. The third-order valence-electron chi connectivity index (χ3n) is 3.48. The van der Waals surface area contributed by atoms with Gasteiger partial charge in [0.2, 0.25) is 0 Å². The van der Waals surface area contributed by atoms with E-state index in [0.717, 1.165) is 26.1 Å². The number of aryl methyl sites for hydroxylation is 1. The van der Waals surface area contributed by atoms with E-state index in [1.54, 1.807) is 11.8 Å². The molecule has 4 heteroatoms. The third-order valence-corrected chi connectivity index (χ3v) is 4.21. The van der Waals surface area contributed by atoms with Crippen molar-refractivity contribution in [2.45, 2.75) is 44.2 Å². The minimum atomic E-state index is 0.488. The van der Waals surface area contributed by atoms with Gasteiger partial charge in [0.25, 0.3) is 0 Å². The molecule has 1 heterocycles. The average molecular weight is 303 g/mol. The van der Waals surface area contributed by atoms with E-state index in [4.69, 9.17) is 0 Å². The largest absolute Gasteiger partial charge is 0.335 e. The van der Waals surface area contributed by atoms with E-state index < -0.39 is 0 Å².